The van der Waals surface area contributed by atoms with E-state index < -0.39 is 5.97 Å². The number of likely N-dealkylation sites (tertiary alicyclic amines) is 1. The summed E-state index contributed by atoms with van der Waals surface area (Å²) in [5, 5.41) is 0.573. The summed E-state index contributed by atoms with van der Waals surface area (Å²) < 4.78 is 5.24. The number of ether oxygens (including phenoxy) is 1. The normalized spacial score (nSPS) is 14.2. The average Bonchev–Trinajstić information content (AvgIpc) is 2.68. The Labute approximate surface area is 151 Å². The van der Waals surface area contributed by atoms with E-state index in [1.807, 2.05) is 30.3 Å². The zero-order valence-electron chi connectivity index (χ0n) is 13.9. The van der Waals surface area contributed by atoms with Crippen LogP contribution in [0.15, 0.2) is 58.6 Å². The molecule has 2 aromatic rings. The van der Waals surface area contributed by atoms with Crippen LogP contribution >= 0.6 is 11.8 Å². The molecule has 0 unspecified atom stereocenters. The van der Waals surface area contributed by atoms with Gasteiger partial charge in [-0.3, -0.25) is 4.79 Å². The van der Waals surface area contributed by atoms with Gasteiger partial charge in [-0.1, -0.05) is 30.0 Å². The molecule has 3 rings (SSSR count). The van der Waals surface area contributed by atoms with E-state index in [9.17, 15) is 9.59 Å². The second-order valence-corrected chi connectivity index (χ2v) is 6.85. The van der Waals surface area contributed by atoms with Gasteiger partial charge in [0.05, 0.1) is 5.56 Å². The molecule has 2 heterocycles. The van der Waals surface area contributed by atoms with Crippen molar-refractivity contribution in [1.29, 1.82) is 0 Å². The number of pyridine rings is 1. The molecule has 0 N–H and O–H groups in total. The molecule has 1 saturated heterocycles. The molecule has 130 valence electrons. The number of hydrogen-bond donors (Lipinski definition) is 0. The van der Waals surface area contributed by atoms with Crippen molar-refractivity contribution in [2.45, 2.75) is 29.2 Å². The number of aromatic nitrogens is 1. The maximum absolute atomic E-state index is 12.4. The number of esters is 1. The first kappa shape index (κ1) is 17.5. The van der Waals surface area contributed by atoms with E-state index >= 15 is 0 Å². The maximum atomic E-state index is 12.4. The fourth-order valence-corrected chi connectivity index (χ4v) is 3.56. The number of rotatable bonds is 5. The molecule has 1 aromatic heterocycles. The molecule has 1 aromatic carbocycles. The Morgan fingerprint density at radius 3 is 2.56 bits per heavy atom. The molecule has 0 spiro atoms. The van der Waals surface area contributed by atoms with E-state index in [2.05, 4.69) is 4.98 Å². The van der Waals surface area contributed by atoms with Crippen molar-refractivity contribution in [3.63, 3.8) is 0 Å². The molecule has 1 amide bonds. The SMILES string of the molecule is O=C(OCC(=O)N1CCCCC1)c1cccnc1Sc1ccccc1. The highest BCUT2D eigenvalue weighted by atomic mass is 32.2. The smallest absolute Gasteiger partial charge is 0.341 e. The minimum atomic E-state index is -0.517. The van der Waals surface area contributed by atoms with Gasteiger partial charge in [0, 0.05) is 24.2 Å². The molecule has 6 heteroatoms. The second kappa shape index (κ2) is 8.67. The number of hydrogen-bond acceptors (Lipinski definition) is 5. The highest BCUT2D eigenvalue weighted by Crippen LogP contribution is 2.28. The quantitative estimate of drug-likeness (QED) is 0.769. The van der Waals surface area contributed by atoms with Gasteiger partial charge in [-0.25, -0.2) is 9.78 Å². The third-order valence-corrected chi connectivity index (χ3v) is 5.01. The second-order valence-electron chi connectivity index (χ2n) is 5.79. The molecule has 0 radical (unpaired) electrons. The van der Waals surface area contributed by atoms with Crippen LogP contribution < -0.4 is 0 Å². The largest absolute Gasteiger partial charge is 0.452 e. The lowest BCUT2D eigenvalue weighted by Crippen LogP contribution is -2.38. The molecule has 1 aliphatic rings. The Morgan fingerprint density at radius 1 is 1.04 bits per heavy atom. The molecule has 0 aliphatic carbocycles. The number of carbonyl (C=O) groups is 2. The van der Waals surface area contributed by atoms with E-state index in [-0.39, 0.29) is 12.5 Å². The van der Waals surface area contributed by atoms with Crippen LogP contribution in [0.4, 0.5) is 0 Å². The minimum Gasteiger partial charge on any atom is -0.452 e. The van der Waals surface area contributed by atoms with E-state index in [1.165, 1.54) is 11.8 Å². The first-order valence-corrected chi connectivity index (χ1v) is 9.18. The summed E-state index contributed by atoms with van der Waals surface area (Å²) in [5.41, 5.74) is 0.378. The van der Waals surface area contributed by atoms with Gasteiger partial charge < -0.3 is 9.64 Å². The summed E-state index contributed by atoms with van der Waals surface area (Å²) in [6, 6.07) is 13.1. The Bertz CT molecular complexity index is 730. The number of carbonyl (C=O) groups excluding carboxylic acids is 2. The number of amides is 1. The predicted molar refractivity (Wildman–Crippen MR) is 95.5 cm³/mol. The van der Waals surface area contributed by atoms with Gasteiger partial charge in [0.2, 0.25) is 0 Å². The zero-order valence-corrected chi connectivity index (χ0v) is 14.7. The summed E-state index contributed by atoms with van der Waals surface area (Å²) in [5.74, 6) is -0.647. The Hall–Kier alpha value is -2.34. The van der Waals surface area contributed by atoms with E-state index in [0.717, 1.165) is 37.2 Å². The lowest BCUT2D eigenvalue weighted by atomic mass is 10.1. The number of benzene rings is 1. The predicted octanol–water partition coefficient (Wildman–Crippen LogP) is 3.40. The fourth-order valence-electron chi connectivity index (χ4n) is 2.67. The summed E-state index contributed by atoms with van der Waals surface area (Å²) >= 11 is 1.40. The molecule has 0 bridgehead atoms. The van der Waals surface area contributed by atoms with E-state index in [4.69, 9.17) is 4.74 Å². The van der Waals surface area contributed by atoms with Crippen LogP contribution in [0.1, 0.15) is 29.6 Å². The van der Waals surface area contributed by atoms with Crippen molar-refractivity contribution in [1.82, 2.24) is 9.88 Å². The Morgan fingerprint density at radius 2 is 1.80 bits per heavy atom. The molecule has 5 nitrogen and oxygen atoms in total. The van der Waals surface area contributed by atoms with Gasteiger partial charge in [0.25, 0.3) is 5.91 Å². The molecule has 25 heavy (non-hydrogen) atoms. The van der Waals surface area contributed by atoms with Gasteiger partial charge >= 0.3 is 5.97 Å². The van der Waals surface area contributed by atoms with Crippen LogP contribution in [0.3, 0.4) is 0 Å². The molecule has 0 atom stereocenters. The third-order valence-electron chi connectivity index (χ3n) is 3.98. The van der Waals surface area contributed by atoms with Gasteiger partial charge in [-0.05, 0) is 43.5 Å². The molecular weight excluding hydrogens is 336 g/mol. The fraction of sp³-hybridized carbons (Fsp3) is 0.316. The zero-order chi connectivity index (χ0) is 17.5. The van der Waals surface area contributed by atoms with Crippen LogP contribution in [0.2, 0.25) is 0 Å². The number of nitrogens with zero attached hydrogens (tertiary/aromatic N) is 2. The van der Waals surface area contributed by atoms with E-state index in [1.54, 1.807) is 23.2 Å². The van der Waals surface area contributed by atoms with Crippen LogP contribution in [0.25, 0.3) is 0 Å². The highest BCUT2D eigenvalue weighted by molar-refractivity contribution is 7.99. The van der Waals surface area contributed by atoms with E-state index in [0.29, 0.717) is 10.6 Å². The maximum Gasteiger partial charge on any atom is 0.341 e. The third kappa shape index (κ3) is 4.82. The average molecular weight is 356 g/mol. The first-order chi connectivity index (χ1) is 12.2. The van der Waals surface area contributed by atoms with Crippen molar-refractivity contribution in [2.75, 3.05) is 19.7 Å². The molecule has 1 fully saturated rings. The van der Waals surface area contributed by atoms with Crippen molar-refractivity contribution in [3.05, 3.63) is 54.2 Å². The Kier molecular flexibility index (Phi) is 6.06. The van der Waals surface area contributed by atoms with Gasteiger partial charge in [0.15, 0.2) is 6.61 Å². The Balaban J connectivity index is 1.63. The summed E-state index contributed by atoms with van der Waals surface area (Å²) in [7, 11) is 0. The molecular formula is C19H20N2O3S. The number of piperidine rings is 1. The van der Waals surface area contributed by atoms with Gasteiger partial charge in [0.1, 0.15) is 5.03 Å². The minimum absolute atomic E-state index is 0.130. The van der Waals surface area contributed by atoms with Crippen LogP contribution in [-0.2, 0) is 9.53 Å². The topological polar surface area (TPSA) is 59.5 Å². The molecule has 0 saturated carbocycles. The van der Waals surface area contributed by atoms with Gasteiger partial charge in [-0.15, -0.1) is 0 Å². The van der Waals surface area contributed by atoms with Crippen molar-refractivity contribution in [2.24, 2.45) is 0 Å². The van der Waals surface area contributed by atoms with Crippen molar-refractivity contribution < 1.29 is 14.3 Å². The first-order valence-electron chi connectivity index (χ1n) is 8.37. The monoisotopic (exact) mass is 356 g/mol. The lowest BCUT2D eigenvalue weighted by molar-refractivity contribution is -0.135. The molecule has 1 aliphatic heterocycles. The highest BCUT2D eigenvalue weighted by Gasteiger charge is 2.20. The lowest BCUT2D eigenvalue weighted by Gasteiger charge is -2.26. The summed E-state index contributed by atoms with van der Waals surface area (Å²) in [6.45, 7) is 1.28. The van der Waals surface area contributed by atoms with Gasteiger partial charge in [-0.2, -0.15) is 0 Å². The summed E-state index contributed by atoms with van der Waals surface area (Å²) in [6.07, 6.45) is 4.82. The van der Waals surface area contributed by atoms with Crippen molar-refractivity contribution >= 4 is 23.6 Å². The van der Waals surface area contributed by atoms with Crippen LogP contribution in [0, 0.1) is 0 Å². The van der Waals surface area contributed by atoms with Crippen LogP contribution in [-0.4, -0.2) is 41.5 Å². The van der Waals surface area contributed by atoms with Crippen molar-refractivity contribution in [3.8, 4) is 0 Å². The summed E-state index contributed by atoms with van der Waals surface area (Å²) in [4.78, 5) is 31.6. The van der Waals surface area contributed by atoms with Crippen LogP contribution in [0.5, 0.6) is 0 Å². The standard InChI is InChI=1S/C19H20N2O3S/c22-17(21-12-5-2-6-13-21)14-24-19(23)16-10-7-11-20-18(16)25-15-8-3-1-4-9-15/h1,3-4,7-11H,2,5-6,12-14H2.